The first-order valence-electron chi connectivity index (χ1n) is 8.24. The van der Waals surface area contributed by atoms with Gasteiger partial charge in [0.1, 0.15) is 5.82 Å². The van der Waals surface area contributed by atoms with Crippen LogP contribution in [0.25, 0.3) is 0 Å². The van der Waals surface area contributed by atoms with Crippen LogP contribution in [0, 0.1) is 0 Å². The molecule has 0 spiro atoms. The topological polar surface area (TPSA) is 28.2 Å². The minimum Gasteiger partial charge on any atom is -0.351 e. The highest BCUT2D eigenvalue weighted by Gasteiger charge is 2.33. The van der Waals surface area contributed by atoms with Crippen LogP contribution in [0.4, 0.5) is 5.82 Å². The lowest BCUT2D eigenvalue weighted by Crippen LogP contribution is -2.39. The first-order chi connectivity index (χ1) is 9.74. The van der Waals surface area contributed by atoms with Gasteiger partial charge in [-0.3, -0.25) is 0 Å². The van der Waals surface area contributed by atoms with E-state index in [1.165, 1.54) is 24.1 Å². The van der Waals surface area contributed by atoms with Gasteiger partial charge in [-0.1, -0.05) is 27.7 Å². The number of anilines is 1. The van der Waals surface area contributed by atoms with Crippen molar-refractivity contribution in [3.63, 3.8) is 0 Å². The molecule has 0 amide bonds. The lowest BCUT2D eigenvalue weighted by atomic mass is 9.90. The van der Waals surface area contributed by atoms with Gasteiger partial charge in [-0.2, -0.15) is 0 Å². The van der Waals surface area contributed by atoms with E-state index < -0.39 is 0 Å². The molecule has 2 rings (SSSR count). The maximum Gasteiger partial charge on any atom is 0.129 e. The van der Waals surface area contributed by atoms with Gasteiger partial charge >= 0.3 is 0 Å². The first-order valence-corrected chi connectivity index (χ1v) is 8.24. The van der Waals surface area contributed by atoms with Crippen molar-refractivity contribution in [1.82, 2.24) is 10.3 Å². The summed E-state index contributed by atoms with van der Waals surface area (Å²) < 4.78 is 0. The van der Waals surface area contributed by atoms with Crippen LogP contribution in [-0.4, -0.2) is 23.6 Å². The van der Waals surface area contributed by atoms with Gasteiger partial charge in [-0.05, 0) is 50.9 Å². The summed E-state index contributed by atoms with van der Waals surface area (Å²) in [5.41, 5.74) is 2.84. The lowest BCUT2D eigenvalue weighted by Gasteiger charge is -2.34. The van der Waals surface area contributed by atoms with Gasteiger partial charge in [0.25, 0.3) is 0 Å². The Bertz CT molecular complexity index is 486. The molecule has 1 aromatic rings. The fraction of sp³-hybridized carbons (Fsp3) is 0.722. The maximum absolute atomic E-state index is 4.99. The Morgan fingerprint density at radius 3 is 2.52 bits per heavy atom. The number of hydrogen-bond acceptors (Lipinski definition) is 3. The number of nitrogens with zero attached hydrogens (tertiary/aromatic N) is 2. The van der Waals surface area contributed by atoms with Crippen molar-refractivity contribution < 1.29 is 0 Å². The van der Waals surface area contributed by atoms with Crippen LogP contribution >= 0.6 is 0 Å². The van der Waals surface area contributed by atoms with Crippen LogP contribution in [0.5, 0.6) is 0 Å². The van der Waals surface area contributed by atoms with Gasteiger partial charge in [0, 0.05) is 29.7 Å². The van der Waals surface area contributed by atoms with Gasteiger partial charge in [0.05, 0.1) is 0 Å². The average molecular weight is 289 g/mol. The standard InChI is InChI=1S/C18H31N3/c1-7-19-13-14-11-15(17(2,3)4)20-16(12-14)21-10-8-9-18(21,5)6/h11-12,19H,7-10,13H2,1-6H3. The molecule has 0 atom stereocenters. The van der Waals surface area contributed by atoms with E-state index in [9.17, 15) is 0 Å². The Hall–Kier alpha value is -1.09. The zero-order chi connectivity index (χ0) is 15.7. The minimum atomic E-state index is 0.0842. The Labute approximate surface area is 130 Å². The molecule has 1 aliphatic heterocycles. The van der Waals surface area contributed by atoms with Crippen LogP contribution in [0.2, 0.25) is 0 Å². The van der Waals surface area contributed by atoms with Crippen molar-refractivity contribution in [3.05, 3.63) is 23.4 Å². The molecule has 3 nitrogen and oxygen atoms in total. The molecular formula is C18H31N3. The van der Waals surface area contributed by atoms with Crippen LogP contribution < -0.4 is 10.2 Å². The highest BCUT2D eigenvalue weighted by Crippen LogP contribution is 2.34. The summed E-state index contributed by atoms with van der Waals surface area (Å²) in [6, 6.07) is 4.53. The molecule has 1 aliphatic rings. The fourth-order valence-electron chi connectivity index (χ4n) is 3.00. The number of pyridine rings is 1. The molecule has 0 saturated carbocycles. The van der Waals surface area contributed by atoms with E-state index in [1.54, 1.807) is 0 Å². The molecule has 118 valence electrons. The number of hydrogen-bond donors (Lipinski definition) is 1. The Morgan fingerprint density at radius 1 is 1.29 bits per heavy atom. The van der Waals surface area contributed by atoms with Crippen molar-refractivity contribution in [2.45, 2.75) is 71.9 Å². The molecule has 0 aliphatic carbocycles. The third kappa shape index (κ3) is 3.76. The summed E-state index contributed by atoms with van der Waals surface area (Å²) in [5.74, 6) is 1.15. The monoisotopic (exact) mass is 289 g/mol. The molecule has 3 heteroatoms. The van der Waals surface area contributed by atoms with Gasteiger partial charge in [0.15, 0.2) is 0 Å². The van der Waals surface area contributed by atoms with Gasteiger partial charge in [-0.25, -0.2) is 4.98 Å². The molecule has 0 aromatic carbocycles. The second-order valence-corrected chi connectivity index (χ2v) is 7.82. The van der Waals surface area contributed by atoms with Crippen molar-refractivity contribution in [2.24, 2.45) is 0 Å². The van der Waals surface area contributed by atoms with E-state index in [-0.39, 0.29) is 11.0 Å². The predicted octanol–water partition coefficient (Wildman–Crippen LogP) is 3.87. The largest absolute Gasteiger partial charge is 0.351 e. The van der Waals surface area contributed by atoms with E-state index in [2.05, 4.69) is 63.9 Å². The summed E-state index contributed by atoms with van der Waals surface area (Å²) in [6.07, 6.45) is 2.51. The molecule has 0 unspecified atom stereocenters. The molecule has 1 aromatic heterocycles. The lowest BCUT2D eigenvalue weighted by molar-refractivity contribution is 0.509. The molecule has 0 radical (unpaired) electrons. The van der Waals surface area contributed by atoms with E-state index in [4.69, 9.17) is 4.98 Å². The second-order valence-electron chi connectivity index (χ2n) is 7.82. The number of aromatic nitrogens is 1. The second kappa shape index (κ2) is 5.96. The summed E-state index contributed by atoms with van der Waals surface area (Å²) in [7, 11) is 0. The van der Waals surface area contributed by atoms with E-state index in [0.29, 0.717) is 0 Å². The molecule has 1 saturated heterocycles. The summed E-state index contributed by atoms with van der Waals surface area (Å²) in [4.78, 5) is 7.47. The molecule has 21 heavy (non-hydrogen) atoms. The van der Waals surface area contributed by atoms with Gasteiger partial charge < -0.3 is 10.2 Å². The van der Waals surface area contributed by atoms with E-state index in [0.717, 1.165) is 25.5 Å². The highest BCUT2D eigenvalue weighted by atomic mass is 15.3. The number of nitrogens with one attached hydrogen (secondary N) is 1. The zero-order valence-electron chi connectivity index (χ0n) is 14.6. The molecule has 0 bridgehead atoms. The predicted molar refractivity (Wildman–Crippen MR) is 91.0 cm³/mol. The third-order valence-electron chi connectivity index (χ3n) is 4.40. The summed E-state index contributed by atoms with van der Waals surface area (Å²) >= 11 is 0. The van der Waals surface area contributed by atoms with Crippen LogP contribution in [0.1, 0.15) is 65.6 Å². The Morgan fingerprint density at radius 2 is 2.00 bits per heavy atom. The van der Waals surface area contributed by atoms with Crippen LogP contribution in [0.15, 0.2) is 12.1 Å². The molecule has 1 fully saturated rings. The maximum atomic E-state index is 4.99. The third-order valence-corrected chi connectivity index (χ3v) is 4.40. The normalized spacial score (nSPS) is 18.3. The number of rotatable bonds is 4. The Balaban J connectivity index is 2.40. The van der Waals surface area contributed by atoms with Gasteiger partial charge in [-0.15, -0.1) is 0 Å². The van der Waals surface area contributed by atoms with Crippen molar-refractivity contribution in [2.75, 3.05) is 18.0 Å². The Kier molecular flexibility index (Phi) is 4.62. The van der Waals surface area contributed by atoms with Gasteiger partial charge in [0.2, 0.25) is 0 Å². The smallest absolute Gasteiger partial charge is 0.129 e. The quantitative estimate of drug-likeness (QED) is 0.912. The molecule has 1 N–H and O–H groups in total. The van der Waals surface area contributed by atoms with Crippen molar-refractivity contribution >= 4 is 5.82 Å². The van der Waals surface area contributed by atoms with Crippen LogP contribution in [-0.2, 0) is 12.0 Å². The van der Waals surface area contributed by atoms with Crippen molar-refractivity contribution in [3.8, 4) is 0 Å². The highest BCUT2D eigenvalue weighted by molar-refractivity contribution is 5.47. The van der Waals surface area contributed by atoms with Crippen LogP contribution in [0.3, 0.4) is 0 Å². The van der Waals surface area contributed by atoms with E-state index >= 15 is 0 Å². The molecular weight excluding hydrogens is 258 g/mol. The zero-order valence-corrected chi connectivity index (χ0v) is 14.6. The van der Waals surface area contributed by atoms with Crippen molar-refractivity contribution in [1.29, 1.82) is 0 Å². The SMILES string of the molecule is CCNCc1cc(N2CCCC2(C)C)nc(C(C)(C)C)c1. The minimum absolute atomic E-state index is 0.0842. The fourth-order valence-corrected chi connectivity index (χ4v) is 3.00. The van der Waals surface area contributed by atoms with E-state index in [1.807, 2.05) is 0 Å². The average Bonchev–Trinajstić information content (AvgIpc) is 2.74. The molecule has 2 heterocycles. The summed E-state index contributed by atoms with van der Waals surface area (Å²) in [5, 5.41) is 3.44. The first kappa shape index (κ1) is 16.3. The summed E-state index contributed by atoms with van der Waals surface area (Å²) in [6.45, 7) is 16.6.